The Morgan fingerprint density at radius 3 is 2.71 bits per heavy atom. The summed E-state index contributed by atoms with van der Waals surface area (Å²) in [5.41, 5.74) is 0.728. The highest BCUT2D eigenvalue weighted by atomic mass is 79.9. The third-order valence-electron chi connectivity index (χ3n) is 3.76. The van der Waals surface area contributed by atoms with Gasteiger partial charge in [0.25, 0.3) is 5.91 Å². The van der Waals surface area contributed by atoms with Crippen molar-refractivity contribution < 1.29 is 14.6 Å². The molecule has 0 saturated carbocycles. The van der Waals surface area contributed by atoms with Crippen LogP contribution in [0, 0.1) is 0 Å². The van der Waals surface area contributed by atoms with E-state index in [1.54, 1.807) is 0 Å². The van der Waals surface area contributed by atoms with E-state index in [0.717, 1.165) is 23.0 Å². The summed E-state index contributed by atoms with van der Waals surface area (Å²) in [4.78, 5) is 14.6. The number of amides is 1. The first-order chi connectivity index (χ1) is 10.0. The van der Waals surface area contributed by atoms with E-state index in [-0.39, 0.29) is 24.7 Å². The van der Waals surface area contributed by atoms with Crippen molar-refractivity contribution in [1.82, 2.24) is 9.47 Å². The fraction of sp³-hybridized carbons (Fsp3) is 0.667. The van der Waals surface area contributed by atoms with Crippen LogP contribution >= 0.6 is 15.9 Å². The molecule has 0 atom stereocenters. The van der Waals surface area contributed by atoms with Crippen LogP contribution in [-0.2, 0) is 4.74 Å². The number of carbonyl (C=O) groups is 1. The van der Waals surface area contributed by atoms with Gasteiger partial charge in [-0.2, -0.15) is 0 Å². The smallest absolute Gasteiger partial charge is 0.270 e. The summed E-state index contributed by atoms with van der Waals surface area (Å²) in [6.45, 7) is 5.97. The lowest BCUT2D eigenvalue weighted by Gasteiger charge is -2.32. The van der Waals surface area contributed by atoms with Gasteiger partial charge in [0.05, 0.1) is 19.3 Å². The van der Waals surface area contributed by atoms with Crippen LogP contribution in [0.2, 0.25) is 0 Å². The number of carbonyl (C=O) groups excluding carboxylic acids is 1. The molecule has 5 nitrogen and oxygen atoms in total. The Hall–Kier alpha value is -0.850. The van der Waals surface area contributed by atoms with Gasteiger partial charge in [0.1, 0.15) is 5.69 Å². The van der Waals surface area contributed by atoms with E-state index >= 15 is 0 Å². The zero-order valence-electron chi connectivity index (χ0n) is 12.6. The van der Waals surface area contributed by atoms with Gasteiger partial charge in [0.2, 0.25) is 0 Å². The number of aromatic nitrogens is 1. The monoisotopic (exact) mass is 358 g/mol. The Kier molecular flexibility index (Phi) is 5.84. The van der Waals surface area contributed by atoms with Crippen LogP contribution in [0.3, 0.4) is 0 Å². The summed E-state index contributed by atoms with van der Waals surface area (Å²) in [7, 11) is 0. The van der Waals surface area contributed by atoms with Crippen LogP contribution < -0.4 is 0 Å². The maximum atomic E-state index is 12.7. The molecule has 2 rings (SSSR count). The highest BCUT2D eigenvalue weighted by Gasteiger charge is 2.26. The lowest BCUT2D eigenvalue weighted by Crippen LogP contribution is -2.41. The summed E-state index contributed by atoms with van der Waals surface area (Å²) in [5, 5.41) is 8.77. The van der Waals surface area contributed by atoms with Crippen molar-refractivity contribution in [3.63, 3.8) is 0 Å². The zero-order chi connectivity index (χ0) is 15.4. The number of hydrogen-bond donors (Lipinski definition) is 1. The zero-order valence-corrected chi connectivity index (χ0v) is 14.2. The SMILES string of the molecule is CC(C)n1cc(Br)cc1C(=O)N1CCC(OCCO)CC1. The van der Waals surface area contributed by atoms with E-state index < -0.39 is 0 Å². The van der Waals surface area contributed by atoms with Crippen LogP contribution in [-0.4, -0.2) is 52.9 Å². The molecule has 1 fully saturated rings. The van der Waals surface area contributed by atoms with Gasteiger partial charge >= 0.3 is 0 Å². The third-order valence-corrected chi connectivity index (χ3v) is 4.20. The van der Waals surface area contributed by atoms with Crippen LogP contribution in [0.5, 0.6) is 0 Å². The van der Waals surface area contributed by atoms with E-state index in [4.69, 9.17) is 9.84 Å². The highest BCUT2D eigenvalue weighted by Crippen LogP contribution is 2.22. The van der Waals surface area contributed by atoms with Crippen molar-refractivity contribution in [2.75, 3.05) is 26.3 Å². The topological polar surface area (TPSA) is 54.7 Å². The van der Waals surface area contributed by atoms with Crippen molar-refractivity contribution in [3.05, 3.63) is 22.4 Å². The van der Waals surface area contributed by atoms with Gasteiger partial charge < -0.3 is 19.3 Å². The van der Waals surface area contributed by atoms with Gasteiger partial charge in [-0.15, -0.1) is 0 Å². The minimum Gasteiger partial charge on any atom is -0.394 e. The van der Waals surface area contributed by atoms with Crippen LogP contribution in [0.4, 0.5) is 0 Å². The van der Waals surface area contributed by atoms with Gasteiger partial charge in [0, 0.05) is 29.8 Å². The molecule has 1 N–H and O–H groups in total. The lowest BCUT2D eigenvalue weighted by molar-refractivity contribution is -0.00575. The number of rotatable bonds is 5. The molecule has 1 aliphatic heterocycles. The predicted molar refractivity (Wildman–Crippen MR) is 84.5 cm³/mol. The Bertz CT molecular complexity index is 479. The van der Waals surface area contributed by atoms with Gasteiger partial charge in [-0.1, -0.05) is 0 Å². The Morgan fingerprint density at radius 1 is 1.48 bits per heavy atom. The van der Waals surface area contributed by atoms with Gasteiger partial charge in [-0.25, -0.2) is 0 Å². The van der Waals surface area contributed by atoms with E-state index in [2.05, 4.69) is 29.8 Å². The molecular formula is C15H23BrN2O3. The van der Waals surface area contributed by atoms with Crippen LogP contribution in [0.25, 0.3) is 0 Å². The molecule has 1 aliphatic rings. The largest absolute Gasteiger partial charge is 0.394 e. The molecule has 118 valence electrons. The van der Waals surface area contributed by atoms with Gasteiger partial charge in [-0.3, -0.25) is 4.79 Å². The van der Waals surface area contributed by atoms with Crippen molar-refractivity contribution in [2.45, 2.75) is 38.8 Å². The van der Waals surface area contributed by atoms with E-state index in [1.165, 1.54) is 0 Å². The summed E-state index contributed by atoms with van der Waals surface area (Å²) >= 11 is 3.45. The lowest BCUT2D eigenvalue weighted by atomic mass is 10.1. The molecule has 0 aromatic carbocycles. The van der Waals surface area contributed by atoms with Crippen molar-refractivity contribution in [2.24, 2.45) is 0 Å². The molecule has 0 aliphatic carbocycles. The molecule has 1 amide bonds. The second-order valence-electron chi connectivity index (χ2n) is 5.63. The predicted octanol–water partition coefficient (Wildman–Crippen LogP) is 2.45. The van der Waals surface area contributed by atoms with Gasteiger partial charge in [-0.05, 0) is 48.7 Å². The minimum atomic E-state index is 0.0507. The number of aliphatic hydroxyl groups excluding tert-OH is 1. The number of nitrogens with zero attached hydrogens (tertiary/aromatic N) is 2. The molecule has 0 bridgehead atoms. The molecule has 2 heterocycles. The summed E-state index contributed by atoms with van der Waals surface area (Å²) < 4.78 is 8.46. The van der Waals surface area contributed by atoms with Crippen molar-refractivity contribution >= 4 is 21.8 Å². The first kappa shape index (κ1) is 16.5. The number of halogens is 1. The maximum absolute atomic E-state index is 12.7. The first-order valence-electron chi connectivity index (χ1n) is 7.42. The Morgan fingerprint density at radius 2 is 2.14 bits per heavy atom. The van der Waals surface area contributed by atoms with E-state index in [1.807, 2.05) is 21.7 Å². The maximum Gasteiger partial charge on any atom is 0.270 e. The fourth-order valence-electron chi connectivity index (χ4n) is 2.65. The molecule has 21 heavy (non-hydrogen) atoms. The molecular weight excluding hydrogens is 336 g/mol. The van der Waals surface area contributed by atoms with E-state index in [9.17, 15) is 4.79 Å². The molecule has 1 aromatic rings. The summed E-state index contributed by atoms with van der Waals surface area (Å²) in [6, 6.07) is 2.14. The summed E-state index contributed by atoms with van der Waals surface area (Å²) in [6.07, 6.45) is 3.77. The normalized spacial score (nSPS) is 16.7. The average molecular weight is 359 g/mol. The second-order valence-corrected chi connectivity index (χ2v) is 6.55. The minimum absolute atomic E-state index is 0.0507. The molecule has 6 heteroatoms. The number of piperidine rings is 1. The number of hydrogen-bond acceptors (Lipinski definition) is 3. The van der Waals surface area contributed by atoms with Crippen molar-refractivity contribution in [3.8, 4) is 0 Å². The van der Waals surface area contributed by atoms with Crippen molar-refractivity contribution in [1.29, 1.82) is 0 Å². The van der Waals surface area contributed by atoms with Gasteiger partial charge in [0.15, 0.2) is 0 Å². The average Bonchev–Trinajstić information content (AvgIpc) is 2.87. The Labute approximate surface area is 134 Å². The highest BCUT2D eigenvalue weighted by molar-refractivity contribution is 9.10. The molecule has 1 aromatic heterocycles. The first-order valence-corrected chi connectivity index (χ1v) is 8.21. The second kappa shape index (κ2) is 7.42. The molecule has 0 unspecified atom stereocenters. The van der Waals surface area contributed by atoms with E-state index in [0.29, 0.717) is 19.7 Å². The Balaban J connectivity index is 1.99. The summed E-state index contributed by atoms with van der Waals surface area (Å²) in [5.74, 6) is 0.0787. The molecule has 0 spiro atoms. The number of ether oxygens (including phenoxy) is 1. The van der Waals surface area contributed by atoms with Crippen LogP contribution in [0.15, 0.2) is 16.7 Å². The van der Waals surface area contributed by atoms with Crippen LogP contribution in [0.1, 0.15) is 43.2 Å². The molecule has 0 radical (unpaired) electrons. The number of likely N-dealkylation sites (tertiary alicyclic amines) is 1. The molecule has 1 saturated heterocycles. The standard InChI is InChI=1S/C15H23BrN2O3/c1-11(2)18-10-12(16)9-14(18)15(20)17-5-3-13(4-6-17)21-8-7-19/h9-11,13,19H,3-8H2,1-2H3. The number of aliphatic hydroxyl groups is 1. The third kappa shape index (κ3) is 4.08. The fourth-order valence-corrected chi connectivity index (χ4v) is 3.09. The quantitative estimate of drug-likeness (QED) is 0.879.